The monoisotopic (exact) mass is 265 g/mol. The van der Waals surface area contributed by atoms with Crippen LogP contribution in [0.1, 0.15) is 22.8 Å². The Bertz CT molecular complexity index is 601. The highest BCUT2D eigenvalue weighted by molar-refractivity contribution is 6.35. The molecule has 1 aromatic heterocycles. The summed E-state index contributed by atoms with van der Waals surface area (Å²) in [7, 11) is 1.65. The molecule has 0 N–H and O–H groups in total. The topological polar surface area (TPSA) is 31.2 Å². The van der Waals surface area contributed by atoms with Crippen LogP contribution in [0.2, 0.25) is 5.15 Å². The zero-order chi connectivity index (χ0) is 13.3. The first-order chi connectivity index (χ1) is 8.57. The van der Waals surface area contributed by atoms with Crippen molar-refractivity contribution in [3.63, 3.8) is 0 Å². The Labute approximate surface area is 111 Å². The van der Waals surface area contributed by atoms with Crippen molar-refractivity contribution in [2.45, 2.75) is 20.4 Å². The number of ketones is 1. The summed E-state index contributed by atoms with van der Waals surface area (Å²) in [6.07, 6.45) is 0. The highest BCUT2D eigenvalue weighted by Gasteiger charge is 2.19. The highest BCUT2D eigenvalue weighted by Crippen LogP contribution is 2.32. The van der Waals surface area contributed by atoms with Crippen LogP contribution < -0.4 is 0 Å². The maximum atomic E-state index is 11.7. The van der Waals surface area contributed by atoms with E-state index < -0.39 is 0 Å². The van der Waals surface area contributed by atoms with Gasteiger partial charge in [-0.2, -0.15) is 0 Å². The Morgan fingerprint density at radius 2 is 2.17 bits per heavy atom. The second-order valence-electron chi connectivity index (χ2n) is 4.34. The fraction of sp³-hybridized carbons (Fsp3) is 0.357. The lowest BCUT2D eigenvalue weighted by Crippen LogP contribution is -2.05. The van der Waals surface area contributed by atoms with Crippen LogP contribution in [-0.4, -0.2) is 24.1 Å². The molecule has 0 atom stereocenters. The quantitative estimate of drug-likeness (QED) is 0.793. The van der Waals surface area contributed by atoms with Crippen LogP contribution in [0.15, 0.2) is 18.2 Å². The minimum Gasteiger partial charge on any atom is -0.383 e. The largest absolute Gasteiger partial charge is 0.383 e. The summed E-state index contributed by atoms with van der Waals surface area (Å²) < 4.78 is 7.05. The van der Waals surface area contributed by atoms with Crippen molar-refractivity contribution in [3.05, 3.63) is 34.5 Å². The fourth-order valence-corrected chi connectivity index (χ4v) is 2.69. The van der Waals surface area contributed by atoms with Gasteiger partial charge in [-0.05, 0) is 19.4 Å². The number of carbonyl (C=O) groups is 1. The van der Waals surface area contributed by atoms with Gasteiger partial charge in [0.2, 0.25) is 0 Å². The number of aryl methyl sites for hydroxylation is 1. The summed E-state index contributed by atoms with van der Waals surface area (Å²) in [4.78, 5) is 11.7. The predicted molar refractivity (Wildman–Crippen MR) is 73.6 cm³/mol. The lowest BCUT2D eigenvalue weighted by Gasteiger charge is -2.07. The molecule has 0 saturated carbocycles. The predicted octanol–water partition coefficient (Wildman–Crippen LogP) is 3.45. The van der Waals surface area contributed by atoms with Crippen molar-refractivity contribution in [1.29, 1.82) is 0 Å². The van der Waals surface area contributed by atoms with Crippen molar-refractivity contribution in [2.75, 3.05) is 13.7 Å². The lowest BCUT2D eigenvalue weighted by molar-refractivity contribution is 0.101. The number of halogens is 1. The number of ether oxygens (including phenoxy) is 1. The Kier molecular flexibility index (Phi) is 3.73. The average molecular weight is 266 g/mol. The molecular formula is C14H16ClNO2. The maximum Gasteiger partial charge on any atom is 0.163 e. The van der Waals surface area contributed by atoms with Crippen molar-refractivity contribution in [3.8, 4) is 0 Å². The molecule has 2 rings (SSSR count). The van der Waals surface area contributed by atoms with E-state index >= 15 is 0 Å². The molecular weight excluding hydrogens is 250 g/mol. The number of hydrogen-bond acceptors (Lipinski definition) is 2. The van der Waals surface area contributed by atoms with Crippen molar-refractivity contribution in [2.24, 2.45) is 0 Å². The third-order valence-electron chi connectivity index (χ3n) is 3.09. The Hall–Kier alpha value is -1.32. The van der Waals surface area contributed by atoms with Crippen molar-refractivity contribution >= 4 is 28.3 Å². The highest BCUT2D eigenvalue weighted by atomic mass is 35.5. The van der Waals surface area contributed by atoms with Crippen molar-refractivity contribution in [1.82, 2.24) is 4.57 Å². The van der Waals surface area contributed by atoms with E-state index in [1.807, 2.05) is 29.7 Å². The zero-order valence-electron chi connectivity index (χ0n) is 10.8. The van der Waals surface area contributed by atoms with E-state index in [2.05, 4.69) is 0 Å². The number of rotatable bonds is 4. The first kappa shape index (κ1) is 13.1. The molecule has 0 aliphatic heterocycles. The summed E-state index contributed by atoms with van der Waals surface area (Å²) in [5, 5.41) is 1.42. The summed E-state index contributed by atoms with van der Waals surface area (Å²) in [6, 6.07) is 5.90. The molecule has 0 radical (unpaired) electrons. The van der Waals surface area contributed by atoms with Crippen LogP contribution in [0.4, 0.5) is 0 Å². The number of methoxy groups -OCH3 is 1. The minimum absolute atomic E-state index is 0.00762. The molecule has 0 fully saturated rings. The molecule has 0 saturated heterocycles. The molecule has 0 spiro atoms. The van der Waals surface area contributed by atoms with Crippen LogP contribution in [0.5, 0.6) is 0 Å². The van der Waals surface area contributed by atoms with Gasteiger partial charge in [0, 0.05) is 19.0 Å². The zero-order valence-corrected chi connectivity index (χ0v) is 11.5. The van der Waals surface area contributed by atoms with E-state index in [1.165, 1.54) is 0 Å². The number of aromatic nitrogens is 1. The van der Waals surface area contributed by atoms with E-state index in [9.17, 15) is 4.79 Å². The molecule has 1 aromatic carbocycles. The van der Waals surface area contributed by atoms with Crippen LogP contribution in [0.25, 0.3) is 10.9 Å². The smallest absolute Gasteiger partial charge is 0.163 e. The second-order valence-corrected chi connectivity index (χ2v) is 4.70. The number of nitrogens with zero attached hydrogens (tertiary/aromatic N) is 1. The van der Waals surface area contributed by atoms with Crippen LogP contribution >= 0.6 is 11.6 Å². The molecule has 2 aromatic rings. The molecule has 0 unspecified atom stereocenters. The molecule has 96 valence electrons. The number of Topliss-reactive ketones (excluding diaryl/α,β-unsaturated/α-hetero) is 1. The first-order valence-electron chi connectivity index (χ1n) is 5.85. The van der Waals surface area contributed by atoms with E-state index in [4.69, 9.17) is 16.3 Å². The molecule has 0 bridgehead atoms. The van der Waals surface area contributed by atoms with Gasteiger partial charge >= 0.3 is 0 Å². The molecule has 3 nitrogen and oxygen atoms in total. The number of carbonyl (C=O) groups excluding carboxylic acids is 1. The number of hydrogen-bond donors (Lipinski definition) is 0. The molecule has 0 aliphatic rings. The second kappa shape index (κ2) is 5.12. The van der Waals surface area contributed by atoms with Crippen LogP contribution in [-0.2, 0) is 11.3 Å². The standard InChI is InChI=1S/C14H16ClNO2/c1-9-5-4-6-11-12(10(2)17)14(15)16(13(9)11)7-8-18-3/h4-6H,7-8H2,1-3H3. The molecule has 4 heteroatoms. The first-order valence-corrected chi connectivity index (χ1v) is 6.23. The van der Waals surface area contributed by atoms with Crippen molar-refractivity contribution < 1.29 is 9.53 Å². The van der Waals surface area contributed by atoms with Gasteiger partial charge in [0.15, 0.2) is 5.78 Å². The molecule has 0 amide bonds. The summed E-state index contributed by atoms with van der Waals surface area (Å²) >= 11 is 6.34. The minimum atomic E-state index is -0.00762. The van der Waals surface area contributed by atoms with Gasteiger partial charge in [-0.15, -0.1) is 0 Å². The van der Waals surface area contributed by atoms with Gasteiger partial charge in [-0.1, -0.05) is 29.8 Å². The summed E-state index contributed by atoms with van der Waals surface area (Å²) in [5.41, 5.74) is 2.73. The normalized spacial score (nSPS) is 11.1. The van der Waals surface area contributed by atoms with E-state index in [1.54, 1.807) is 14.0 Å². The number of benzene rings is 1. The Balaban J connectivity index is 2.75. The van der Waals surface area contributed by atoms with Gasteiger partial charge in [0.25, 0.3) is 0 Å². The van der Waals surface area contributed by atoms with Crippen LogP contribution in [0.3, 0.4) is 0 Å². The van der Waals surface area contributed by atoms with E-state index in [0.29, 0.717) is 23.9 Å². The molecule has 1 heterocycles. The summed E-state index contributed by atoms with van der Waals surface area (Å²) in [6.45, 7) is 4.77. The Morgan fingerprint density at radius 3 is 2.78 bits per heavy atom. The lowest BCUT2D eigenvalue weighted by atomic mass is 10.1. The molecule has 18 heavy (non-hydrogen) atoms. The van der Waals surface area contributed by atoms with E-state index in [-0.39, 0.29) is 5.78 Å². The third-order valence-corrected chi connectivity index (χ3v) is 3.48. The van der Waals surface area contributed by atoms with Gasteiger partial charge in [0.1, 0.15) is 5.15 Å². The number of para-hydroxylation sites is 1. The van der Waals surface area contributed by atoms with Gasteiger partial charge in [-0.3, -0.25) is 4.79 Å². The van der Waals surface area contributed by atoms with Gasteiger partial charge < -0.3 is 9.30 Å². The van der Waals surface area contributed by atoms with Crippen LogP contribution in [0, 0.1) is 6.92 Å². The maximum absolute atomic E-state index is 11.7. The molecule has 0 aliphatic carbocycles. The third kappa shape index (κ3) is 2.04. The SMILES string of the molecule is COCCn1c(Cl)c(C(C)=O)c2cccc(C)c21. The van der Waals surface area contributed by atoms with Gasteiger partial charge in [-0.25, -0.2) is 0 Å². The number of fused-ring (bicyclic) bond motifs is 1. The van der Waals surface area contributed by atoms with E-state index in [0.717, 1.165) is 16.5 Å². The fourth-order valence-electron chi connectivity index (χ4n) is 2.29. The van der Waals surface area contributed by atoms with Gasteiger partial charge in [0.05, 0.1) is 17.7 Å². The average Bonchev–Trinajstić information content (AvgIpc) is 2.60. The Morgan fingerprint density at radius 1 is 1.44 bits per heavy atom. The summed E-state index contributed by atoms with van der Waals surface area (Å²) in [5.74, 6) is -0.00762.